The molecule has 0 saturated heterocycles. The van der Waals surface area contributed by atoms with Crippen LogP contribution < -0.4 is 5.32 Å². The Labute approximate surface area is 137 Å². The highest BCUT2D eigenvalue weighted by Crippen LogP contribution is 2.25. The summed E-state index contributed by atoms with van der Waals surface area (Å²) in [6.07, 6.45) is 4.43. The van der Waals surface area contributed by atoms with Gasteiger partial charge in [-0.15, -0.1) is 23.1 Å². The number of amides is 1. The van der Waals surface area contributed by atoms with Gasteiger partial charge in [0.25, 0.3) is 5.91 Å². The van der Waals surface area contributed by atoms with Crippen molar-refractivity contribution in [3.63, 3.8) is 0 Å². The van der Waals surface area contributed by atoms with Crippen molar-refractivity contribution in [3.8, 4) is 0 Å². The lowest BCUT2D eigenvalue weighted by Crippen LogP contribution is -2.25. The number of hydrogen-bond acceptors (Lipinski definition) is 4. The second kappa shape index (κ2) is 6.94. The van der Waals surface area contributed by atoms with Gasteiger partial charge in [0.15, 0.2) is 0 Å². The first-order valence-corrected chi connectivity index (χ1v) is 9.12. The molecule has 2 aromatic heterocycles. The molecule has 22 heavy (non-hydrogen) atoms. The molecule has 0 fully saturated rings. The molecule has 0 aliphatic rings. The molecule has 0 atom stereocenters. The maximum absolute atomic E-state index is 12.1. The predicted molar refractivity (Wildman–Crippen MR) is 93.9 cm³/mol. The maximum atomic E-state index is 12.1. The predicted octanol–water partition coefficient (Wildman–Crippen LogP) is 3.99. The van der Waals surface area contributed by atoms with Crippen LogP contribution in [0.4, 0.5) is 0 Å². The number of nitrogens with zero attached hydrogens (tertiary/aromatic N) is 1. The summed E-state index contributed by atoms with van der Waals surface area (Å²) in [6.45, 7) is 0.629. The van der Waals surface area contributed by atoms with Crippen LogP contribution in [0.1, 0.15) is 15.9 Å². The van der Waals surface area contributed by atoms with E-state index in [-0.39, 0.29) is 5.91 Å². The molecule has 2 heterocycles. The lowest BCUT2D eigenvalue weighted by atomic mass is 10.1. The smallest absolute Gasteiger partial charge is 0.252 e. The number of aromatic nitrogens is 1. The molecule has 0 bridgehead atoms. The van der Waals surface area contributed by atoms with Gasteiger partial charge in [0.05, 0.1) is 10.6 Å². The topological polar surface area (TPSA) is 42.0 Å². The average molecular weight is 328 g/mol. The van der Waals surface area contributed by atoms with E-state index in [9.17, 15) is 4.79 Å². The standard InChI is InChI=1S/C17H16N2OS2/c1-21-16-7-6-12(10-19-16)17(20)18-9-8-13-11-22-15-5-3-2-4-14(13)15/h2-7,10-11H,8-9H2,1H3,(H,18,20). The summed E-state index contributed by atoms with van der Waals surface area (Å²) in [5, 5.41) is 7.33. The van der Waals surface area contributed by atoms with Crippen molar-refractivity contribution in [2.45, 2.75) is 11.4 Å². The second-order valence-corrected chi connectivity index (χ2v) is 6.59. The second-order valence-electron chi connectivity index (χ2n) is 4.85. The highest BCUT2D eigenvalue weighted by molar-refractivity contribution is 7.98. The zero-order valence-electron chi connectivity index (χ0n) is 12.2. The van der Waals surface area contributed by atoms with E-state index in [2.05, 4.69) is 39.9 Å². The van der Waals surface area contributed by atoms with Gasteiger partial charge < -0.3 is 5.32 Å². The fourth-order valence-electron chi connectivity index (χ4n) is 2.27. The van der Waals surface area contributed by atoms with Crippen LogP contribution in [0.25, 0.3) is 10.1 Å². The van der Waals surface area contributed by atoms with E-state index in [1.807, 2.05) is 18.4 Å². The molecule has 1 amide bonds. The summed E-state index contributed by atoms with van der Waals surface area (Å²) in [4.78, 5) is 16.3. The number of fused-ring (bicyclic) bond motifs is 1. The van der Waals surface area contributed by atoms with Crippen LogP contribution in [0, 0.1) is 0 Å². The van der Waals surface area contributed by atoms with E-state index < -0.39 is 0 Å². The molecule has 0 unspecified atom stereocenters. The SMILES string of the molecule is CSc1ccc(C(=O)NCCc2csc3ccccc23)cn1. The molecular weight excluding hydrogens is 312 g/mol. The minimum absolute atomic E-state index is 0.0697. The summed E-state index contributed by atoms with van der Waals surface area (Å²) >= 11 is 3.31. The van der Waals surface area contributed by atoms with E-state index in [4.69, 9.17) is 0 Å². The molecule has 112 valence electrons. The molecule has 1 aromatic carbocycles. The summed E-state index contributed by atoms with van der Waals surface area (Å²) in [5.74, 6) is -0.0697. The molecule has 5 heteroatoms. The summed E-state index contributed by atoms with van der Waals surface area (Å²) in [7, 11) is 0. The number of thioether (sulfide) groups is 1. The van der Waals surface area contributed by atoms with Crippen molar-refractivity contribution in [3.05, 3.63) is 59.1 Å². The number of benzene rings is 1. The van der Waals surface area contributed by atoms with E-state index in [1.54, 1.807) is 29.3 Å². The van der Waals surface area contributed by atoms with Crippen molar-refractivity contribution in [2.24, 2.45) is 0 Å². The monoisotopic (exact) mass is 328 g/mol. The molecule has 3 rings (SSSR count). The number of nitrogens with one attached hydrogen (secondary N) is 1. The zero-order valence-corrected chi connectivity index (χ0v) is 13.8. The van der Waals surface area contributed by atoms with Crippen molar-refractivity contribution < 1.29 is 4.79 Å². The third-order valence-electron chi connectivity index (χ3n) is 3.45. The molecule has 0 aliphatic heterocycles. The van der Waals surface area contributed by atoms with Crippen LogP contribution in [-0.2, 0) is 6.42 Å². The van der Waals surface area contributed by atoms with Crippen LogP contribution in [0.5, 0.6) is 0 Å². The first-order chi connectivity index (χ1) is 10.8. The molecule has 0 radical (unpaired) electrons. The summed E-state index contributed by atoms with van der Waals surface area (Å²) in [6, 6.07) is 12.0. The number of rotatable bonds is 5. The highest BCUT2D eigenvalue weighted by Gasteiger charge is 2.07. The Hall–Kier alpha value is -1.85. The van der Waals surface area contributed by atoms with Gasteiger partial charge in [-0.2, -0.15) is 0 Å². The van der Waals surface area contributed by atoms with Crippen LogP contribution in [-0.4, -0.2) is 23.7 Å². The summed E-state index contributed by atoms with van der Waals surface area (Å²) in [5.41, 5.74) is 1.89. The summed E-state index contributed by atoms with van der Waals surface area (Å²) < 4.78 is 1.29. The minimum atomic E-state index is -0.0697. The first kappa shape index (κ1) is 15.1. The molecule has 0 saturated carbocycles. The minimum Gasteiger partial charge on any atom is -0.352 e. The van der Waals surface area contributed by atoms with Crippen molar-refractivity contribution in [1.29, 1.82) is 0 Å². The first-order valence-electron chi connectivity index (χ1n) is 7.01. The molecule has 3 aromatic rings. The number of carbonyl (C=O) groups excluding carboxylic acids is 1. The molecule has 0 aliphatic carbocycles. The van der Waals surface area contributed by atoms with Gasteiger partial charge in [0, 0.05) is 17.4 Å². The Bertz CT molecular complexity index is 781. The van der Waals surface area contributed by atoms with E-state index in [0.717, 1.165) is 11.4 Å². The quantitative estimate of drug-likeness (QED) is 0.720. The van der Waals surface area contributed by atoms with Crippen molar-refractivity contribution >= 4 is 39.1 Å². The Balaban J connectivity index is 1.59. The van der Waals surface area contributed by atoms with Gasteiger partial charge in [-0.05, 0) is 47.2 Å². The van der Waals surface area contributed by atoms with Gasteiger partial charge in [0.2, 0.25) is 0 Å². The van der Waals surface area contributed by atoms with Gasteiger partial charge in [0.1, 0.15) is 0 Å². The molecule has 1 N–H and O–H groups in total. The molecular formula is C17H16N2OS2. The number of thiophene rings is 1. The third-order valence-corrected chi connectivity index (χ3v) is 5.12. The Morgan fingerprint density at radius 3 is 2.91 bits per heavy atom. The van der Waals surface area contributed by atoms with Gasteiger partial charge in [-0.1, -0.05) is 18.2 Å². The lowest BCUT2D eigenvalue weighted by molar-refractivity contribution is 0.0953. The third kappa shape index (κ3) is 3.31. The average Bonchev–Trinajstić information content (AvgIpc) is 2.98. The zero-order chi connectivity index (χ0) is 15.4. The van der Waals surface area contributed by atoms with Crippen LogP contribution in [0.15, 0.2) is 53.0 Å². The Morgan fingerprint density at radius 2 is 2.14 bits per heavy atom. The van der Waals surface area contributed by atoms with Crippen LogP contribution in [0.2, 0.25) is 0 Å². The van der Waals surface area contributed by atoms with Crippen LogP contribution >= 0.6 is 23.1 Å². The van der Waals surface area contributed by atoms with E-state index >= 15 is 0 Å². The molecule has 3 nitrogen and oxygen atoms in total. The Kier molecular flexibility index (Phi) is 4.75. The van der Waals surface area contributed by atoms with Gasteiger partial charge in [-0.25, -0.2) is 4.98 Å². The van der Waals surface area contributed by atoms with Crippen molar-refractivity contribution in [1.82, 2.24) is 10.3 Å². The largest absolute Gasteiger partial charge is 0.352 e. The fourth-order valence-corrected chi connectivity index (χ4v) is 3.63. The number of carbonyl (C=O) groups is 1. The number of hydrogen-bond donors (Lipinski definition) is 1. The highest BCUT2D eigenvalue weighted by atomic mass is 32.2. The number of pyridine rings is 1. The van der Waals surface area contributed by atoms with Gasteiger partial charge >= 0.3 is 0 Å². The van der Waals surface area contributed by atoms with Gasteiger partial charge in [-0.3, -0.25) is 4.79 Å². The van der Waals surface area contributed by atoms with E-state index in [1.165, 1.54) is 15.6 Å². The normalized spacial score (nSPS) is 10.8. The molecule has 0 spiro atoms. The van der Waals surface area contributed by atoms with Crippen molar-refractivity contribution in [2.75, 3.05) is 12.8 Å². The van der Waals surface area contributed by atoms with Crippen LogP contribution in [0.3, 0.4) is 0 Å². The van der Waals surface area contributed by atoms with E-state index in [0.29, 0.717) is 12.1 Å². The maximum Gasteiger partial charge on any atom is 0.252 e. The fraction of sp³-hybridized carbons (Fsp3) is 0.176. The lowest BCUT2D eigenvalue weighted by Gasteiger charge is -2.05. The Morgan fingerprint density at radius 1 is 1.27 bits per heavy atom.